The second-order valence-corrected chi connectivity index (χ2v) is 7.39. The third-order valence-electron chi connectivity index (χ3n) is 2.06. The summed E-state index contributed by atoms with van der Waals surface area (Å²) in [5, 5.41) is 10.8. The fraction of sp³-hybridized carbons (Fsp3) is 0.500. The molecular formula is C10H18N3O5PS. The van der Waals surface area contributed by atoms with Crippen LogP contribution in [0.2, 0.25) is 0 Å². The van der Waals surface area contributed by atoms with Crippen LogP contribution in [0.1, 0.15) is 16.1 Å². The number of hydrogen-bond acceptors (Lipinski definition) is 6. The molecule has 10 heteroatoms. The highest BCUT2D eigenvalue weighted by Gasteiger charge is 2.16. The summed E-state index contributed by atoms with van der Waals surface area (Å²) in [6.07, 6.45) is 1.55. The van der Waals surface area contributed by atoms with Gasteiger partial charge in [-0.3, -0.25) is 19.1 Å². The van der Waals surface area contributed by atoms with Crippen LogP contribution in [0.25, 0.3) is 0 Å². The van der Waals surface area contributed by atoms with Crippen LogP contribution in [0.15, 0.2) is 11.7 Å². The maximum Gasteiger partial charge on any atom is 0.320 e. The molecule has 1 heterocycles. The van der Waals surface area contributed by atoms with E-state index in [1.165, 1.54) is 18.0 Å². The Kier molecular flexibility index (Phi) is 8.24. The van der Waals surface area contributed by atoms with E-state index >= 15 is 0 Å². The number of carboxylic acids is 1. The van der Waals surface area contributed by atoms with E-state index in [-0.39, 0.29) is 18.5 Å². The van der Waals surface area contributed by atoms with Gasteiger partial charge in [-0.05, 0) is 6.42 Å². The van der Waals surface area contributed by atoms with Gasteiger partial charge in [-0.1, -0.05) is 0 Å². The molecule has 1 rings (SSSR count). The molecule has 20 heavy (non-hydrogen) atoms. The highest BCUT2D eigenvalue weighted by molar-refractivity contribution is 7.57. The van der Waals surface area contributed by atoms with Gasteiger partial charge in [-0.15, -0.1) is 11.3 Å². The largest absolute Gasteiger partial charge is 0.480 e. The van der Waals surface area contributed by atoms with Crippen LogP contribution in [-0.4, -0.2) is 52.8 Å². The minimum absolute atomic E-state index is 0.0412. The number of carbonyl (C=O) groups is 2. The summed E-state index contributed by atoms with van der Waals surface area (Å²) in [6, 6.07) is -1.03. The SMILES string of the molecule is CNC(=O)c1cncs1.CP(=O)(O)CCC(N)C(=O)O. The number of nitrogens with one attached hydrogen (secondary N) is 1. The van der Waals surface area contributed by atoms with Crippen LogP contribution in [-0.2, 0) is 9.36 Å². The summed E-state index contributed by atoms with van der Waals surface area (Å²) in [7, 11) is -1.50. The van der Waals surface area contributed by atoms with Gasteiger partial charge in [0.05, 0.1) is 11.7 Å². The number of thiazole rings is 1. The second-order valence-electron chi connectivity index (χ2n) is 3.95. The average Bonchev–Trinajstić information content (AvgIpc) is 2.88. The fourth-order valence-corrected chi connectivity index (χ4v) is 2.28. The molecule has 0 fully saturated rings. The van der Waals surface area contributed by atoms with Gasteiger partial charge in [0.1, 0.15) is 10.9 Å². The van der Waals surface area contributed by atoms with Crippen LogP contribution in [0.3, 0.4) is 0 Å². The molecule has 0 radical (unpaired) electrons. The molecule has 5 N–H and O–H groups in total. The Hall–Kier alpha value is -1.28. The van der Waals surface area contributed by atoms with Gasteiger partial charge in [0.15, 0.2) is 7.37 Å². The lowest BCUT2D eigenvalue weighted by molar-refractivity contribution is -0.138. The number of hydrogen-bond donors (Lipinski definition) is 4. The summed E-state index contributed by atoms with van der Waals surface area (Å²) >= 11 is 1.33. The van der Waals surface area contributed by atoms with Crippen LogP contribution in [0.4, 0.5) is 0 Å². The van der Waals surface area contributed by atoms with E-state index in [2.05, 4.69) is 10.3 Å². The third kappa shape index (κ3) is 8.76. The number of rotatable bonds is 5. The number of nitrogens with zero attached hydrogens (tertiary/aromatic N) is 1. The molecule has 0 bridgehead atoms. The number of amides is 1. The van der Waals surface area contributed by atoms with Crippen molar-refractivity contribution in [1.29, 1.82) is 0 Å². The van der Waals surface area contributed by atoms with Gasteiger partial charge < -0.3 is 21.1 Å². The van der Waals surface area contributed by atoms with Crippen molar-refractivity contribution in [3.8, 4) is 0 Å². The summed E-state index contributed by atoms with van der Waals surface area (Å²) in [6.45, 7) is 1.18. The molecule has 0 aliphatic heterocycles. The summed E-state index contributed by atoms with van der Waals surface area (Å²) < 4.78 is 10.6. The van der Waals surface area contributed by atoms with Crippen molar-refractivity contribution < 1.29 is 24.2 Å². The minimum atomic E-state index is -3.10. The van der Waals surface area contributed by atoms with Gasteiger partial charge in [0.2, 0.25) is 0 Å². The smallest absolute Gasteiger partial charge is 0.320 e. The highest BCUT2D eigenvalue weighted by Crippen LogP contribution is 2.35. The van der Waals surface area contributed by atoms with Crippen LogP contribution in [0, 0.1) is 0 Å². The van der Waals surface area contributed by atoms with Gasteiger partial charge >= 0.3 is 5.97 Å². The molecule has 0 saturated carbocycles. The quantitative estimate of drug-likeness (QED) is 0.566. The lowest BCUT2D eigenvalue weighted by atomic mass is 10.2. The number of aromatic nitrogens is 1. The Morgan fingerprint density at radius 2 is 2.20 bits per heavy atom. The van der Waals surface area contributed by atoms with Crippen LogP contribution >= 0.6 is 18.7 Å². The lowest BCUT2D eigenvalue weighted by Crippen LogP contribution is -2.30. The zero-order valence-electron chi connectivity index (χ0n) is 11.1. The number of aliphatic carboxylic acids is 1. The molecule has 0 aromatic carbocycles. The first-order valence-electron chi connectivity index (χ1n) is 5.55. The molecule has 0 aliphatic rings. The van der Waals surface area contributed by atoms with E-state index < -0.39 is 19.4 Å². The van der Waals surface area contributed by atoms with E-state index in [0.717, 1.165) is 0 Å². The predicted molar refractivity (Wildman–Crippen MR) is 76.3 cm³/mol. The minimum Gasteiger partial charge on any atom is -0.480 e. The van der Waals surface area contributed by atoms with E-state index in [4.69, 9.17) is 15.7 Å². The number of carboxylic acid groups (broad SMARTS) is 1. The summed E-state index contributed by atoms with van der Waals surface area (Å²) in [4.78, 5) is 34.0. The van der Waals surface area contributed by atoms with Gasteiger partial charge in [-0.2, -0.15) is 0 Å². The Morgan fingerprint density at radius 3 is 2.55 bits per heavy atom. The van der Waals surface area contributed by atoms with Crippen LogP contribution < -0.4 is 11.1 Å². The van der Waals surface area contributed by atoms with Gasteiger partial charge in [0, 0.05) is 19.9 Å². The monoisotopic (exact) mass is 323 g/mol. The third-order valence-corrected chi connectivity index (χ3v) is 3.92. The van der Waals surface area contributed by atoms with Gasteiger partial charge in [-0.25, -0.2) is 0 Å². The predicted octanol–water partition coefficient (Wildman–Crippen LogP) is 0.191. The first-order valence-corrected chi connectivity index (χ1v) is 8.72. The molecular weight excluding hydrogens is 305 g/mol. The molecule has 2 unspecified atom stereocenters. The van der Waals surface area contributed by atoms with Crippen molar-refractivity contribution in [3.05, 3.63) is 16.6 Å². The Morgan fingerprint density at radius 1 is 1.60 bits per heavy atom. The zero-order valence-corrected chi connectivity index (χ0v) is 12.9. The molecule has 8 nitrogen and oxygen atoms in total. The topological polar surface area (TPSA) is 143 Å². The molecule has 0 aliphatic carbocycles. The van der Waals surface area contributed by atoms with Crippen molar-refractivity contribution in [2.24, 2.45) is 5.73 Å². The maximum absolute atomic E-state index is 10.7. The highest BCUT2D eigenvalue weighted by atomic mass is 32.1. The Bertz CT molecular complexity index is 473. The molecule has 2 atom stereocenters. The number of carbonyl (C=O) groups excluding carboxylic acids is 1. The standard InChI is InChI=1S/C5H6N2OS.C5H12NO4P/c1-6-5(8)4-2-7-3-9-4;1-11(9,10)3-2-4(6)5(7)8/h2-3H,1H3,(H,6,8);4H,2-3,6H2,1H3,(H,7,8)(H,9,10). The van der Waals surface area contributed by atoms with E-state index in [1.54, 1.807) is 18.8 Å². The fourth-order valence-electron chi connectivity index (χ4n) is 0.953. The number of nitrogens with two attached hydrogens (primary N) is 1. The van der Waals surface area contributed by atoms with Crippen molar-refractivity contribution in [2.75, 3.05) is 19.9 Å². The first-order chi connectivity index (χ1) is 9.17. The Balaban J connectivity index is 0.000000367. The maximum atomic E-state index is 10.7. The molecule has 1 aromatic heterocycles. The van der Waals surface area contributed by atoms with Crippen molar-refractivity contribution in [2.45, 2.75) is 12.5 Å². The molecule has 114 valence electrons. The lowest BCUT2D eigenvalue weighted by Gasteiger charge is -2.07. The normalized spacial score (nSPS) is 14.4. The zero-order chi connectivity index (χ0) is 15.8. The van der Waals surface area contributed by atoms with E-state index in [1.807, 2.05) is 0 Å². The summed E-state index contributed by atoms with van der Waals surface area (Å²) in [5.74, 6) is -1.21. The van der Waals surface area contributed by atoms with E-state index in [9.17, 15) is 14.2 Å². The van der Waals surface area contributed by atoms with Crippen molar-refractivity contribution >= 4 is 30.6 Å². The second kappa shape index (κ2) is 8.80. The molecule has 1 amide bonds. The van der Waals surface area contributed by atoms with Gasteiger partial charge in [0.25, 0.3) is 5.91 Å². The van der Waals surface area contributed by atoms with Crippen molar-refractivity contribution in [3.63, 3.8) is 0 Å². The average molecular weight is 323 g/mol. The Labute approximate surface area is 120 Å². The van der Waals surface area contributed by atoms with Crippen LogP contribution in [0.5, 0.6) is 0 Å². The molecule has 0 saturated heterocycles. The van der Waals surface area contributed by atoms with Crippen molar-refractivity contribution in [1.82, 2.24) is 10.3 Å². The summed E-state index contributed by atoms with van der Waals surface area (Å²) in [5.41, 5.74) is 6.72. The molecule has 1 aromatic rings. The molecule has 0 spiro atoms. The first kappa shape index (κ1) is 18.7. The van der Waals surface area contributed by atoms with E-state index in [0.29, 0.717) is 4.88 Å².